The number of nitrogen functional groups attached to an aromatic ring is 1. The van der Waals surface area contributed by atoms with Gasteiger partial charge in [0.15, 0.2) is 0 Å². The number of carbonyl (C=O) groups excluding carboxylic acids is 1. The number of hydrogen-bond acceptors (Lipinski definition) is 6. The molecule has 4 aromatic heterocycles. The van der Waals surface area contributed by atoms with Gasteiger partial charge in [0, 0.05) is 43.5 Å². The molecule has 0 radical (unpaired) electrons. The number of nitrogens with two attached hydrogens (primary N) is 1. The lowest BCUT2D eigenvalue weighted by Gasteiger charge is -2.23. The minimum atomic E-state index is -0.526. The van der Waals surface area contributed by atoms with Crippen LogP contribution in [0.4, 0.5) is 10.2 Å². The summed E-state index contributed by atoms with van der Waals surface area (Å²) in [5.74, 6) is 5.35. The largest absolute Gasteiger partial charge is 0.383 e. The van der Waals surface area contributed by atoms with Crippen molar-refractivity contribution in [3.8, 4) is 11.8 Å². The summed E-state index contributed by atoms with van der Waals surface area (Å²) in [4.78, 5) is 24.1. The Hall–Kier alpha value is -4.49. The Morgan fingerprint density at radius 3 is 2.63 bits per heavy atom. The van der Waals surface area contributed by atoms with Crippen LogP contribution >= 0.6 is 11.6 Å². The van der Waals surface area contributed by atoms with Crippen molar-refractivity contribution in [2.45, 2.75) is 25.4 Å². The summed E-state index contributed by atoms with van der Waals surface area (Å²) in [5, 5.41) is 10.00. The van der Waals surface area contributed by atoms with Crippen molar-refractivity contribution < 1.29 is 9.18 Å². The van der Waals surface area contributed by atoms with Crippen molar-refractivity contribution in [2.75, 3.05) is 5.73 Å². The molecule has 190 valence electrons. The number of pyridine rings is 2. The average molecular weight is 529 g/mol. The first-order valence-corrected chi connectivity index (χ1v) is 12.3. The fourth-order valence-corrected chi connectivity index (χ4v) is 4.73. The summed E-state index contributed by atoms with van der Waals surface area (Å²) in [6, 6.07) is 4.67. The highest BCUT2D eigenvalue weighted by molar-refractivity contribution is 6.35. The SMILES string of the molecule is Cn1cc(C#Cc2cnc(CN(C(=O)c3cc4c(cc3Cl)nc(N)c3cnn(C)c34)C3CC3)c(F)c2)cn1. The van der Waals surface area contributed by atoms with Gasteiger partial charge in [-0.05, 0) is 31.0 Å². The zero-order chi connectivity index (χ0) is 26.6. The summed E-state index contributed by atoms with van der Waals surface area (Å²) in [5.41, 5.74) is 9.05. The number of nitrogens with zero attached hydrogens (tertiary/aromatic N) is 7. The first-order chi connectivity index (χ1) is 18.3. The number of aryl methyl sites for hydroxylation is 2. The topological polar surface area (TPSA) is 108 Å². The monoisotopic (exact) mass is 528 g/mol. The molecule has 6 rings (SSSR count). The fourth-order valence-electron chi connectivity index (χ4n) is 4.49. The van der Waals surface area contributed by atoms with E-state index in [-0.39, 0.29) is 29.2 Å². The van der Waals surface area contributed by atoms with Gasteiger partial charge in [-0.25, -0.2) is 9.37 Å². The molecule has 1 aliphatic rings. The smallest absolute Gasteiger partial charge is 0.255 e. The minimum absolute atomic E-state index is 0.0122. The normalized spacial score (nSPS) is 13.1. The summed E-state index contributed by atoms with van der Waals surface area (Å²) in [6.45, 7) is 0.0150. The summed E-state index contributed by atoms with van der Waals surface area (Å²) in [6.07, 6.45) is 8.21. The summed E-state index contributed by atoms with van der Waals surface area (Å²) < 4.78 is 18.4. The van der Waals surface area contributed by atoms with E-state index in [0.717, 1.165) is 23.9 Å². The zero-order valence-corrected chi connectivity index (χ0v) is 21.4. The van der Waals surface area contributed by atoms with Gasteiger partial charge in [-0.2, -0.15) is 10.2 Å². The van der Waals surface area contributed by atoms with Gasteiger partial charge in [-0.1, -0.05) is 23.4 Å². The number of halogens is 2. The molecular formula is C27H22ClFN8O. The van der Waals surface area contributed by atoms with Crippen molar-refractivity contribution in [3.63, 3.8) is 0 Å². The molecule has 1 saturated carbocycles. The molecule has 0 unspecified atom stereocenters. The van der Waals surface area contributed by atoms with E-state index in [1.54, 1.807) is 59.1 Å². The number of anilines is 1. The van der Waals surface area contributed by atoms with Crippen LogP contribution in [0.5, 0.6) is 0 Å². The number of hydrogen-bond donors (Lipinski definition) is 1. The Morgan fingerprint density at radius 2 is 1.92 bits per heavy atom. The van der Waals surface area contributed by atoms with Gasteiger partial charge >= 0.3 is 0 Å². The second-order valence-corrected chi connectivity index (χ2v) is 9.75. The predicted octanol–water partition coefficient (Wildman–Crippen LogP) is 3.83. The second-order valence-electron chi connectivity index (χ2n) is 9.35. The van der Waals surface area contributed by atoms with Crippen LogP contribution in [-0.4, -0.2) is 46.4 Å². The Labute approximate surface area is 222 Å². The molecule has 1 aromatic carbocycles. The van der Waals surface area contributed by atoms with Crippen LogP contribution < -0.4 is 5.73 Å². The number of fused-ring (bicyclic) bond motifs is 3. The Bertz CT molecular complexity index is 1810. The van der Waals surface area contributed by atoms with Crippen LogP contribution in [0.2, 0.25) is 5.02 Å². The molecule has 1 aliphatic carbocycles. The lowest BCUT2D eigenvalue weighted by molar-refractivity contribution is 0.0726. The standard InChI is InChI=1S/C27H22ClFN8O/c1-35-13-16(11-32-35)4-3-15-7-22(29)24(31-10-15)14-37(17-5-6-17)27(38)18-8-19-23(9-21(18)28)34-26(30)20-12-33-36(2)25(19)20/h7-13,17H,5-6,14H2,1-2H3,(H2,30,34). The fraction of sp³-hybridized carbons (Fsp3) is 0.222. The van der Waals surface area contributed by atoms with Gasteiger partial charge in [0.25, 0.3) is 5.91 Å². The third-order valence-corrected chi connectivity index (χ3v) is 6.88. The highest BCUT2D eigenvalue weighted by Crippen LogP contribution is 2.35. The number of benzene rings is 1. The van der Waals surface area contributed by atoms with E-state index >= 15 is 4.39 Å². The zero-order valence-electron chi connectivity index (χ0n) is 20.6. The van der Waals surface area contributed by atoms with Crippen molar-refractivity contribution in [1.29, 1.82) is 0 Å². The molecule has 4 heterocycles. The van der Waals surface area contributed by atoms with E-state index in [0.29, 0.717) is 33.2 Å². The van der Waals surface area contributed by atoms with Crippen LogP contribution in [0.25, 0.3) is 21.8 Å². The summed E-state index contributed by atoms with van der Waals surface area (Å²) in [7, 11) is 3.60. The van der Waals surface area contributed by atoms with Crippen molar-refractivity contribution >= 4 is 45.1 Å². The highest BCUT2D eigenvalue weighted by atomic mass is 35.5. The lowest BCUT2D eigenvalue weighted by atomic mass is 10.1. The highest BCUT2D eigenvalue weighted by Gasteiger charge is 2.35. The van der Waals surface area contributed by atoms with Gasteiger partial charge < -0.3 is 10.6 Å². The van der Waals surface area contributed by atoms with E-state index < -0.39 is 5.82 Å². The molecule has 0 spiro atoms. The predicted molar refractivity (Wildman–Crippen MR) is 142 cm³/mol. The van der Waals surface area contributed by atoms with Crippen LogP contribution in [0, 0.1) is 17.7 Å². The molecule has 0 saturated heterocycles. The van der Waals surface area contributed by atoms with Crippen LogP contribution in [0.3, 0.4) is 0 Å². The maximum atomic E-state index is 15.1. The number of aromatic nitrogens is 6. The molecule has 0 atom stereocenters. The first-order valence-electron chi connectivity index (χ1n) is 11.9. The number of rotatable bonds is 4. The molecule has 2 N–H and O–H groups in total. The van der Waals surface area contributed by atoms with Gasteiger partial charge in [0.1, 0.15) is 11.6 Å². The maximum absolute atomic E-state index is 15.1. The van der Waals surface area contributed by atoms with E-state index in [9.17, 15) is 4.79 Å². The maximum Gasteiger partial charge on any atom is 0.255 e. The number of amides is 1. The van der Waals surface area contributed by atoms with Gasteiger partial charge in [0.2, 0.25) is 0 Å². The number of carbonyl (C=O) groups is 1. The van der Waals surface area contributed by atoms with Crippen molar-refractivity contribution in [3.05, 3.63) is 76.2 Å². The van der Waals surface area contributed by atoms with E-state index in [1.807, 2.05) is 0 Å². The Morgan fingerprint density at radius 1 is 1.13 bits per heavy atom. The van der Waals surface area contributed by atoms with Crippen LogP contribution in [0.1, 0.15) is 40.0 Å². The summed E-state index contributed by atoms with van der Waals surface area (Å²) >= 11 is 6.56. The molecule has 0 aliphatic heterocycles. The lowest BCUT2D eigenvalue weighted by Crippen LogP contribution is -2.33. The van der Waals surface area contributed by atoms with E-state index in [4.69, 9.17) is 17.3 Å². The molecule has 9 nitrogen and oxygen atoms in total. The Kier molecular flexibility index (Phi) is 5.73. The first kappa shape index (κ1) is 23.9. The van der Waals surface area contributed by atoms with E-state index in [2.05, 4.69) is 32.0 Å². The van der Waals surface area contributed by atoms with Gasteiger partial charge in [-0.3, -0.25) is 19.1 Å². The molecule has 1 fully saturated rings. The van der Waals surface area contributed by atoms with Crippen molar-refractivity contribution in [2.24, 2.45) is 14.1 Å². The molecule has 5 aromatic rings. The minimum Gasteiger partial charge on any atom is -0.383 e. The van der Waals surface area contributed by atoms with Crippen molar-refractivity contribution in [1.82, 2.24) is 34.4 Å². The molecular weight excluding hydrogens is 507 g/mol. The molecule has 0 bridgehead atoms. The Balaban J connectivity index is 1.32. The van der Waals surface area contributed by atoms with Gasteiger partial charge in [0.05, 0.1) is 57.2 Å². The van der Waals surface area contributed by atoms with Crippen LogP contribution in [-0.2, 0) is 20.6 Å². The third kappa shape index (κ3) is 4.31. The van der Waals surface area contributed by atoms with Crippen LogP contribution in [0.15, 0.2) is 43.0 Å². The quantitative estimate of drug-likeness (QED) is 0.355. The molecule has 38 heavy (non-hydrogen) atoms. The second kappa shape index (κ2) is 9.11. The molecule has 11 heteroatoms. The van der Waals surface area contributed by atoms with Gasteiger partial charge in [-0.15, -0.1) is 0 Å². The average Bonchev–Trinajstić information content (AvgIpc) is 3.52. The third-order valence-electron chi connectivity index (χ3n) is 6.57. The van der Waals surface area contributed by atoms with E-state index in [1.165, 1.54) is 12.3 Å². The molecule has 1 amide bonds.